The highest BCUT2D eigenvalue weighted by Gasteiger charge is 2.02. The Morgan fingerprint density at radius 3 is 2.82 bits per heavy atom. The Morgan fingerprint density at radius 1 is 1.41 bits per heavy atom. The second-order valence-electron chi connectivity index (χ2n) is 3.61. The van der Waals surface area contributed by atoms with Crippen LogP contribution < -0.4 is 11.1 Å². The SMILES string of the molecule is NC(CCCNCc1ccc(F)cc1F)=NO. The van der Waals surface area contributed by atoms with Gasteiger partial charge in [-0.15, -0.1) is 0 Å². The number of nitrogens with one attached hydrogen (secondary N) is 1. The molecule has 17 heavy (non-hydrogen) atoms. The van der Waals surface area contributed by atoms with E-state index in [1.807, 2.05) is 0 Å². The lowest BCUT2D eigenvalue weighted by Crippen LogP contribution is -2.19. The maximum Gasteiger partial charge on any atom is 0.139 e. The molecule has 0 radical (unpaired) electrons. The minimum atomic E-state index is -0.585. The Labute approximate surface area is 98.1 Å². The molecule has 0 saturated carbocycles. The number of hydrogen-bond donors (Lipinski definition) is 3. The monoisotopic (exact) mass is 243 g/mol. The first-order valence-electron chi connectivity index (χ1n) is 5.24. The summed E-state index contributed by atoms with van der Waals surface area (Å²) in [6.45, 7) is 0.926. The van der Waals surface area contributed by atoms with Crippen molar-refractivity contribution < 1.29 is 14.0 Å². The highest BCUT2D eigenvalue weighted by molar-refractivity contribution is 5.79. The van der Waals surface area contributed by atoms with Crippen LogP contribution in [0.15, 0.2) is 23.4 Å². The lowest BCUT2D eigenvalue weighted by atomic mass is 10.2. The predicted octanol–water partition coefficient (Wildman–Crippen LogP) is 1.58. The van der Waals surface area contributed by atoms with Gasteiger partial charge in [-0.25, -0.2) is 8.78 Å². The van der Waals surface area contributed by atoms with Crippen molar-refractivity contribution in [3.05, 3.63) is 35.4 Å². The Kier molecular flexibility index (Phi) is 5.35. The first-order chi connectivity index (χ1) is 8.13. The summed E-state index contributed by atoms with van der Waals surface area (Å²) in [5, 5.41) is 14.1. The van der Waals surface area contributed by atoms with Crippen LogP contribution in [-0.4, -0.2) is 17.6 Å². The van der Waals surface area contributed by atoms with Crippen molar-refractivity contribution in [3.8, 4) is 0 Å². The predicted molar refractivity (Wildman–Crippen MR) is 60.7 cm³/mol. The smallest absolute Gasteiger partial charge is 0.139 e. The van der Waals surface area contributed by atoms with Gasteiger partial charge in [0.1, 0.15) is 17.5 Å². The Hall–Kier alpha value is -1.69. The van der Waals surface area contributed by atoms with Gasteiger partial charge in [0.25, 0.3) is 0 Å². The molecule has 1 aromatic rings. The van der Waals surface area contributed by atoms with Crippen molar-refractivity contribution in [2.75, 3.05) is 6.54 Å². The molecular formula is C11H15F2N3O. The highest BCUT2D eigenvalue weighted by Crippen LogP contribution is 2.08. The molecule has 0 aliphatic carbocycles. The average molecular weight is 243 g/mol. The minimum Gasteiger partial charge on any atom is -0.409 e. The number of halogens is 2. The lowest BCUT2D eigenvalue weighted by Gasteiger charge is -2.05. The zero-order valence-electron chi connectivity index (χ0n) is 9.29. The number of hydrogen-bond acceptors (Lipinski definition) is 3. The number of oxime groups is 1. The summed E-state index contributed by atoms with van der Waals surface area (Å²) >= 11 is 0. The van der Waals surface area contributed by atoms with E-state index in [2.05, 4.69) is 10.5 Å². The van der Waals surface area contributed by atoms with Crippen molar-refractivity contribution >= 4 is 5.84 Å². The van der Waals surface area contributed by atoms with Crippen molar-refractivity contribution in [1.29, 1.82) is 0 Å². The summed E-state index contributed by atoms with van der Waals surface area (Å²) in [5.74, 6) is -0.980. The first-order valence-corrected chi connectivity index (χ1v) is 5.24. The summed E-state index contributed by atoms with van der Waals surface area (Å²) in [6.07, 6.45) is 1.15. The molecule has 0 aromatic heterocycles. The lowest BCUT2D eigenvalue weighted by molar-refractivity contribution is 0.316. The Bertz CT molecular complexity index is 396. The molecule has 0 heterocycles. The molecule has 4 N–H and O–H groups in total. The third-order valence-corrected chi connectivity index (χ3v) is 2.25. The number of rotatable bonds is 6. The summed E-state index contributed by atoms with van der Waals surface area (Å²) in [7, 11) is 0. The molecule has 0 fully saturated rings. The summed E-state index contributed by atoms with van der Waals surface area (Å²) in [6, 6.07) is 3.48. The molecule has 0 amide bonds. The zero-order valence-corrected chi connectivity index (χ0v) is 9.29. The van der Waals surface area contributed by atoms with Gasteiger partial charge >= 0.3 is 0 Å². The molecule has 0 aliphatic rings. The molecular weight excluding hydrogens is 228 g/mol. The largest absolute Gasteiger partial charge is 0.409 e. The van der Waals surface area contributed by atoms with Crippen LogP contribution in [0.5, 0.6) is 0 Å². The average Bonchev–Trinajstić information content (AvgIpc) is 2.30. The zero-order chi connectivity index (χ0) is 12.7. The maximum atomic E-state index is 13.2. The number of nitrogens with zero attached hydrogens (tertiary/aromatic N) is 1. The highest BCUT2D eigenvalue weighted by atomic mass is 19.1. The third-order valence-electron chi connectivity index (χ3n) is 2.25. The van der Waals surface area contributed by atoms with E-state index in [-0.39, 0.29) is 5.84 Å². The van der Waals surface area contributed by atoms with Crippen LogP contribution in [0.2, 0.25) is 0 Å². The van der Waals surface area contributed by atoms with Gasteiger partial charge in [0, 0.05) is 24.6 Å². The molecule has 0 atom stereocenters. The molecule has 0 spiro atoms. The van der Waals surface area contributed by atoms with Crippen LogP contribution in [0.4, 0.5) is 8.78 Å². The fraction of sp³-hybridized carbons (Fsp3) is 0.364. The Balaban J connectivity index is 2.27. The maximum absolute atomic E-state index is 13.2. The normalized spacial score (nSPS) is 11.8. The van der Waals surface area contributed by atoms with E-state index in [4.69, 9.17) is 10.9 Å². The van der Waals surface area contributed by atoms with Gasteiger partial charge in [-0.05, 0) is 19.0 Å². The molecule has 0 saturated heterocycles. The van der Waals surface area contributed by atoms with Crippen LogP contribution in [0.25, 0.3) is 0 Å². The van der Waals surface area contributed by atoms with Gasteiger partial charge in [-0.3, -0.25) is 0 Å². The first kappa shape index (κ1) is 13.4. The Morgan fingerprint density at radius 2 is 2.18 bits per heavy atom. The van der Waals surface area contributed by atoms with E-state index < -0.39 is 11.6 Å². The molecule has 0 aliphatic heterocycles. The van der Waals surface area contributed by atoms with Crippen LogP contribution in [-0.2, 0) is 6.54 Å². The van der Waals surface area contributed by atoms with Gasteiger partial charge in [-0.2, -0.15) is 0 Å². The second kappa shape index (κ2) is 6.80. The molecule has 0 bridgehead atoms. The number of benzene rings is 1. The van der Waals surface area contributed by atoms with Gasteiger partial charge in [-0.1, -0.05) is 11.2 Å². The van der Waals surface area contributed by atoms with Gasteiger partial charge in [0.2, 0.25) is 0 Å². The quantitative estimate of drug-likeness (QED) is 0.233. The molecule has 4 nitrogen and oxygen atoms in total. The van der Waals surface area contributed by atoms with Crippen LogP contribution in [0.1, 0.15) is 18.4 Å². The topological polar surface area (TPSA) is 70.6 Å². The third kappa shape index (κ3) is 4.78. The standard InChI is InChI=1S/C11H15F2N3O/c12-9-4-3-8(10(13)6-9)7-15-5-1-2-11(14)16-17/h3-4,6,15,17H,1-2,5,7H2,(H2,14,16). The fourth-order valence-electron chi connectivity index (χ4n) is 1.33. The van der Waals surface area contributed by atoms with Crippen molar-refractivity contribution in [1.82, 2.24) is 5.32 Å². The summed E-state index contributed by atoms with van der Waals surface area (Å²) in [4.78, 5) is 0. The van der Waals surface area contributed by atoms with Crippen molar-refractivity contribution in [2.45, 2.75) is 19.4 Å². The van der Waals surface area contributed by atoms with Crippen LogP contribution in [0.3, 0.4) is 0 Å². The summed E-state index contributed by atoms with van der Waals surface area (Å²) < 4.78 is 25.8. The van der Waals surface area contributed by atoms with Crippen molar-refractivity contribution in [2.24, 2.45) is 10.9 Å². The van der Waals surface area contributed by atoms with E-state index in [9.17, 15) is 8.78 Å². The summed E-state index contributed by atoms with van der Waals surface area (Å²) in [5.41, 5.74) is 5.69. The molecule has 1 aromatic carbocycles. The molecule has 94 valence electrons. The van der Waals surface area contributed by atoms with E-state index in [0.717, 1.165) is 6.07 Å². The second-order valence-corrected chi connectivity index (χ2v) is 3.61. The number of amidine groups is 1. The van der Waals surface area contributed by atoms with E-state index in [1.165, 1.54) is 12.1 Å². The van der Waals surface area contributed by atoms with Crippen molar-refractivity contribution in [3.63, 3.8) is 0 Å². The molecule has 1 rings (SSSR count). The minimum absolute atomic E-state index is 0.166. The van der Waals surface area contributed by atoms with E-state index in [1.54, 1.807) is 0 Å². The van der Waals surface area contributed by atoms with Gasteiger partial charge in [0.05, 0.1) is 0 Å². The van der Waals surface area contributed by atoms with E-state index >= 15 is 0 Å². The van der Waals surface area contributed by atoms with Crippen LogP contribution >= 0.6 is 0 Å². The molecule has 0 unspecified atom stereocenters. The van der Waals surface area contributed by atoms with Gasteiger partial charge in [0.15, 0.2) is 0 Å². The van der Waals surface area contributed by atoms with E-state index in [0.29, 0.717) is 31.5 Å². The van der Waals surface area contributed by atoms with Gasteiger partial charge < -0.3 is 16.3 Å². The fourth-order valence-corrected chi connectivity index (χ4v) is 1.33. The molecule has 6 heteroatoms. The number of nitrogens with two attached hydrogens (primary N) is 1. The van der Waals surface area contributed by atoms with Crippen LogP contribution in [0, 0.1) is 11.6 Å².